The van der Waals surface area contributed by atoms with Gasteiger partial charge in [0.2, 0.25) is 0 Å². The molecule has 0 radical (unpaired) electrons. The Morgan fingerprint density at radius 2 is 1.77 bits per heavy atom. The van der Waals surface area contributed by atoms with Crippen LogP contribution in [0.15, 0.2) is 0 Å². The van der Waals surface area contributed by atoms with E-state index in [1.165, 1.54) is 7.11 Å². The Kier molecular flexibility index (Phi) is 5.35. The number of methoxy groups -OCH3 is 1. The highest BCUT2D eigenvalue weighted by Crippen LogP contribution is 2.23. The third-order valence-electron chi connectivity index (χ3n) is 3.00. The van der Waals surface area contributed by atoms with Crippen LogP contribution >= 0.6 is 0 Å². The number of aromatic carboxylic acids is 1. The van der Waals surface area contributed by atoms with E-state index in [2.05, 4.69) is 9.72 Å². The van der Waals surface area contributed by atoms with Crippen molar-refractivity contribution in [1.29, 1.82) is 0 Å². The largest absolute Gasteiger partial charge is 0.477 e. The first-order valence-corrected chi connectivity index (χ1v) is 6.81. The topological polar surface area (TPSA) is 106 Å². The number of carbonyl (C=O) groups excluding carboxylic acids is 2. The molecule has 7 heteroatoms. The number of carboxylic acid groups (broad SMARTS) is 1. The maximum atomic E-state index is 12.2. The molecule has 2 N–H and O–H groups in total. The minimum Gasteiger partial charge on any atom is -0.477 e. The number of H-pyrrole nitrogens is 1. The number of carbonyl (C=O) groups is 3. The number of aromatic nitrogens is 1. The normalized spacial score (nSPS) is 11.1. The highest BCUT2D eigenvalue weighted by molar-refractivity contribution is 5.95. The Morgan fingerprint density at radius 1 is 1.18 bits per heavy atom. The summed E-state index contributed by atoms with van der Waals surface area (Å²) >= 11 is 0. The van der Waals surface area contributed by atoms with E-state index in [9.17, 15) is 14.4 Å². The first-order chi connectivity index (χ1) is 10.1. The van der Waals surface area contributed by atoms with Crippen molar-refractivity contribution in [3.05, 3.63) is 22.5 Å². The van der Waals surface area contributed by atoms with E-state index in [1.807, 2.05) is 0 Å². The standard InChI is InChI=1S/C15H21NO6/c1-8-9(6-7-10(17)21-5)12(16-11(8)13(18)19)14(20)22-15(2,3)4/h16H,6-7H2,1-5H3,(H,18,19). The third-order valence-corrected chi connectivity index (χ3v) is 3.00. The van der Waals surface area contributed by atoms with E-state index in [0.29, 0.717) is 11.1 Å². The van der Waals surface area contributed by atoms with Crippen molar-refractivity contribution in [3.8, 4) is 0 Å². The van der Waals surface area contributed by atoms with Crippen molar-refractivity contribution in [2.24, 2.45) is 0 Å². The summed E-state index contributed by atoms with van der Waals surface area (Å²) < 4.78 is 9.83. The van der Waals surface area contributed by atoms with E-state index >= 15 is 0 Å². The Hall–Kier alpha value is -2.31. The van der Waals surface area contributed by atoms with Crippen molar-refractivity contribution in [2.45, 2.75) is 46.1 Å². The van der Waals surface area contributed by atoms with E-state index < -0.39 is 23.5 Å². The van der Waals surface area contributed by atoms with Crippen molar-refractivity contribution in [3.63, 3.8) is 0 Å². The second kappa shape index (κ2) is 6.64. The van der Waals surface area contributed by atoms with Crippen molar-refractivity contribution >= 4 is 17.9 Å². The van der Waals surface area contributed by atoms with Crippen molar-refractivity contribution in [1.82, 2.24) is 4.98 Å². The number of nitrogens with one attached hydrogen (secondary N) is 1. The molecule has 0 bridgehead atoms. The molecule has 0 unspecified atom stereocenters. The van der Waals surface area contributed by atoms with Crippen molar-refractivity contribution < 1.29 is 29.0 Å². The molecule has 0 aliphatic rings. The monoisotopic (exact) mass is 311 g/mol. The lowest BCUT2D eigenvalue weighted by Crippen LogP contribution is -2.25. The van der Waals surface area contributed by atoms with Gasteiger partial charge in [-0.15, -0.1) is 0 Å². The van der Waals surface area contributed by atoms with Crippen LogP contribution in [-0.4, -0.2) is 40.7 Å². The summed E-state index contributed by atoms with van der Waals surface area (Å²) in [7, 11) is 1.27. The van der Waals surface area contributed by atoms with Crippen LogP contribution in [0.25, 0.3) is 0 Å². The molecule has 0 atom stereocenters. The molecule has 0 saturated carbocycles. The quantitative estimate of drug-likeness (QED) is 0.806. The van der Waals surface area contributed by atoms with Crippen LogP contribution in [0.3, 0.4) is 0 Å². The van der Waals surface area contributed by atoms with Gasteiger partial charge in [0, 0.05) is 6.42 Å². The molecule has 1 aromatic rings. The first-order valence-electron chi connectivity index (χ1n) is 6.81. The summed E-state index contributed by atoms with van der Waals surface area (Å²) in [5.41, 5.74) is 0.141. The van der Waals surface area contributed by atoms with Gasteiger partial charge < -0.3 is 19.6 Å². The second-order valence-electron chi connectivity index (χ2n) is 5.86. The average Bonchev–Trinajstić information content (AvgIpc) is 2.71. The fraction of sp³-hybridized carbons (Fsp3) is 0.533. The molecule has 22 heavy (non-hydrogen) atoms. The summed E-state index contributed by atoms with van der Waals surface area (Å²) in [5, 5.41) is 9.17. The lowest BCUT2D eigenvalue weighted by Gasteiger charge is -2.19. The minimum absolute atomic E-state index is 0.0457. The maximum Gasteiger partial charge on any atom is 0.355 e. The van der Waals surface area contributed by atoms with E-state index in [-0.39, 0.29) is 24.2 Å². The molecule has 0 amide bonds. The number of carboxylic acids is 1. The van der Waals surface area contributed by atoms with Gasteiger partial charge in [-0.3, -0.25) is 4.79 Å². The number of hydrogen-bond acceptors (Lipinski definition) is 5. The summed E-state index contributed by atoms with van der Waals surface area (Å²) in [6, 6.07) is 0. The van der Waals surface area contributed by atoms with E-state index in [1.54, 1.807) is 27.7 Å². The van der Waals surface area contributed by atoms with Gasteiger partial charge >= 0.3 is 17.9 Å². The number of hydrogen-bond donors (Lipinski definition) is 2. The molecule has 0 aliphatic carbocycles. The van der Waals surface area contributed by atoms with Crippen LogP contribution in [0, 0.1) is 6.92 Å². The van der Waals surface area contributed by atoms with Gasteiger partial charge in [-0.1, -0.05) is 0 Å². The summed E-state index contributed by atoms with van der Waals surface area (Å²) in [6.45, 7) is 6.73. The molecule has 1 rings (SSSR count). The van der Waals surface area contributed by atoms with Gasteiger partial charge in [0.05, 0.1) is 7.11 Å². The lowest BCUT2D eigenvalue weighted by atomic mass is 10.0. The Balaban J connectivity index is 3.18. The molecule has 1 aromatic heterocycles. The van der Waals surface area contributed by atoms with Gasteiger partial charge in [0.1, 0.15) is 17.0 Å². The SMILES string of the molecule is COC(=O)CCc1c(C(=O)OC(C)(C)C)[nH]c(C(=O)O)c1C. The summed E-state index contributed by atoms with van der Waals surface area (Å²) in [6.07, 6.45) is 0.237. The minimum atomic E-state index is -1.17. The Bertz CT molecular complexity index is 594. The zero-order valence-electron chi connectivity index (χ0n) is 13.4. The molecular formula is C15H21NO6. The smallest absolute Gasteiger partial charge is 0.355 e. The fourth-order valence-electron chi connectivity index (χ4n) is 1.99. The second-order valence-corrected chi connectivity index (χ2v) is 5.86. The third kappa shape index (κ3) is 4.34. The Morgan fingerprint density at radius 3 is 2.23 bits per heavy atom. The summed E-state index contributed by atoms with van der Waals surface area (Å²) in [5.74, 6) is -2.26. The molecule has 122 valence electrons. The molecule has 1 heterocycles. The zero-order chi connectivity index (χ0) is 17.1. The molecular weight excluding hydrogens is 290 g/mol. The highest BCUT2D eigenvalue weighted by atomic mass is 16.6. The van der Waals surface area contributed by atoms with Crippen LogP contribution in [0.5, 0.6) is 0 Å². The van der Waals surface area contributed by atoms with Crippen LogP contribution in [0.4, 0.5) is 0 Å². The number of aromatic amines is 1. The zero-order valence-corrected chi connectivity index (χ0v) is 13.4. The first kappa shape index (κ1) is 17.7. The maximum absolute atomic E-state index is 12.2. The molecule has 0 fully saturated rings. The molecule has 0 aromatic carbocycles. The van der Waals surface area contributed by atoms with Crippen LogP contribution in [0.1, 0.15) is 59.3 Å². The summed E-state index contributed by atoms with van der Waals surface area (Å²) in [4.78, 5) is 37.3. The lowest BCUT2D eigenvalue weighted by molar-refractivity contribution is -0.140. The predicted molar refractivity (Wildman–Crippen MR) is 78.0 cm³/mol. The number of rotatable bonds is 5. The average molecular weight is 311 g/mol. The van der Waals surface area contributed by atoms with Gasteiger partial charge in [0.25, 0.3) is 0 Å². The highest BCUT2D eigenvalue weighted by Gasteiger charge is 2.27. The molecule has 0 aliphatic heterocycles. The van der Waals surface area contributed by atoms with Crippen molar-refractivity contribution in [2.75, 3.05) is 7.11 Å². The predicted octanol–water partition coefficient (Wildman–Crippen LogP) is 2.08. The fourth-order valence-corrected chi connectivity index (χ4v) is 1.99. The van der Waals surface area contributed by atoms with Gasteiger partial charge in [-0.25, -0.2) is 9.59 Å². The van der Waals surface area contributed by atoms with Gasteiger partial charge in [-0.05, 0) is 45.2 Å². The molecule has 0 spiro atoms. The molecule has 7 nitrogen and oxygen atoms in total. The molecule has 0 saturated heterocycles. The number of esters is 2. The number of ether oxygens (including phenoxy) is 2. The van der Waals surface area contributed by atoms with Crippen LogP contribution in [0.2, 0.25) is 0 Å². The van der Waals surface area contributed by atoms with Crippen LogP contribution in [-0.2, 0) is 20.7 Å². The van der Waals surface area contributed by atoms with E-state index in [0.717, 1.165) is 0 Å². The van der Waals surface area contributed by atoms with Gasteiger partial charge in [-0.2, -0.15) is 0 Å². The Labute approximate surface area is 128 Å². The van der Waals surface area contributed by atoms with Crippen LogP contribution < -0.4 is 0 Å². The van der Waals surface area contributed by atoms with Gasteiger partial charge in [0.15, 0.2) is 0 Å². The van der Waals surface area contributed by atoms with E-state index in [4.69, 9.17) is 9.84 Å².